The smallest absolute Gasteiger partial charge is 0.0174 e. The Bertz CT molecular complexity index is 130. The molecule has 0 nitrogen and oxygen atoms in total. The van der Waals surface area contributed by atoms with E-state index in [1.807, 2.05) is 0 Å². The highest BCUT2D eigenvalue weighted by Gasteiger charge is 2.28. The van der Waals surface area contributed by atoms with Crippen molar-refractivity contribution < 1.29 is 0 Å². The number of alkyl halides is 1. The Hall–Kier alpha value is 0.480. The third-order valence-corrected chi connectivity index (χ3v) is 3.75. The van der Waals surface area contributed by atoms with Gasteiger partial charge in [0, 0.05) is 4.83 Å². The van der Waals surface area contributed by atoms with Crippen LogP contribution in [0.2, 0.25) is 0 Å². The summed E-state index contributed by atoms with van der Waals surface area (Å²) in [6, 6.07) is 0. The van der Waals surface area contributed by atoms with Gasteiger partial charge in [-0.15, -0.1) is 0 Å². The first kappa shape index (κ1) is 10.6. The summed E-state index contributed by atoms with van der Waals surface area (Å²) in [7, 11) is 0. The molecule has 1 heteroatoms. The lowest BCUT2D eigenvalue weighted by Gasteiger charge is -2.18. The van der Waals surface area contributed by atoms with Crippen LogP contribution < -0.4 is 0 Å². The molecule has 1 aliphatic carbocycles. The molecule has 0 aromatic heterocycles. The van der Waals surface area contributed by atoms with Crippen LogP contribution in [0, 0.1) is 11.3 Å². The van der Waals surface area contributed by atoms with E-state index in [0.29, 0.717) is 5.41 Å². The molecular weight excluding hydrogens is 212 g/mol. The van der Waals surface area contributed by atoms with E-state index in [2.05, 4.69) is 36.7 Å². The van der Waals surface area contributed by atoms with Crippen molar-refractivity contribution in [2.45, 2.75) is 57.7 Å². The molecule has 1 saturated carbocycles. The van der Waals surface area contributed by atoms with Crippen LogP contribution in [0.1, 0.15) is 52.9 Å². The quantitative estimate of drug-likeness (QED) is 0.632. The molecule has 1 unspecified atom stereocenters. The fourth-order valence-electron chi connectivity index (χ4n) is 1.52. The summed E-state index contributed by atoms with van der Waals surface area (Å²) in [5.74, 6) is 1.02. The first-order valence-corrected chi connectivity index (χ1v) is 6.05. The Morgan fingerprint density at radius 1 is 1.33 bits per heavy atom. The van der Waals surface area contributed by atoms with E-state index in [0.717, 1.165) is 10.7 Å². The molecule has 1 rings (SSSR count). The number of hydrogen-bond donors (Lipinski definition) is 0. The molecule has 0 bridgehead atoms. The number of halogens is 1. The number of hydrogen-bond acceptors (Lipinski definition) is 0. The van der Waals surface area contributed by atoms with Crippen LogP contribution in [-0.2, 0) is 0 Å². The van der Waals surface area contributed by atoms with Gasteiger partial charge in [0.1, 0.15) is 0 Å². The molecule has 1 atom stereocenters. The van der Waals surface area contributed by atoms with E-state index in [4.69, 9.17) is 0 Å². The van der Waals surface area contributed by atoms with E-state index in [1.54, 1.807) is 0 Å². The van der Waals surface area contributed by atoms with Crippen molar-refractivity contribution in [3.63, 3.8) is 0 Å². The molecule has 0 aliphatic heterocycles. The minimum absolute atomic E-state index is 0.524. The van der Waals surface area contributed by atoms with Crippen molar-refractivity contribution in [1.29, 1.82) is 0 Å². The van der Waals surface area contributed by atoms with Crippen LogP contribution in [0.25, 0.3) is 0 Å². The average Bonchev–Trinajstić information content (AvgIpc) is 2.64. The van der Waals surface area contributed by atoms with Crippen molar-refractivity contribution in [2.24, 2.45) is 11.3 Å². The first-order chi connectivity index (χ1) is 5.49. The third-order valence-electron chi connectivity index (χ3n) is 2.54. The van der Waals surface area contributed by atoms with Crippen molar-refractivity contribution in [3.8, 4) is 0 Å². The summed E-state index contributed by atoms with van der Waals surface area (Å²) in [5.41, 5.74) is 0.524. The van der Waals surface area contributed by atoms with Crippen molar-refractivity contribution in [3.05, 3.63) is 0 Å². The zero-order valence-corrected chi connectivity index (χ0v) is 10.2. The highest BCUT2D eigenvalue weighted by atomic mass is 79.9. The number of rotatable bonds is 4. The molecule has 12 heavy (non-hydrogen) atoms. The minimum Gasteiger partial charge on any atom is -0.0888 e. The van der Waals surface area contributed by atoms with E-state index in [-0.39, 0.29) is 0 Å². The predicted octanol–water partition coefficient (Wildman–Crippen LogP) is 4.38. The topological polar surface area (TPSA) is 0 Å². The van der Waals surface area contributed by atoms with Crippen LogP contribution in [0.4, 0.5) is 0 Å². The van der Waals surface area contributed by atoms with E-state index in [1.165, 1.54) is 32.1 Å². The van der Waals surface area contributed by atoms with Crippen molar-refractivity contribution >= 4 is 15.9 Å². The van der Waals surface area contributed by atoms with Gasteiger partial charge in [0.2, 0.25) is 0 Å². The molecule has 0 radical (unpaired) electrons. The summed E-state index contributed by atoms with van der Waals surface area (Å²) in [6.07, 6.45) is 7.05. The lowest BCUT2D eigenvalue weighted by atomic mass is 9.89. The maximum Gasteiger partial charge on any atom is 0.0174 e. The summed E-state index contributed by atoms with van der Waals surface area (Å²) in [6.45, 7) is 6.98. The van der Waals surface area contributed by atoms with Crippen LogP contribution >= 0.6 is 15.9 Å². The lowest BCUT2D eigenvalue weighted by Crippen LogP contribution is -2.07. The molecule has 0 saturated heterocycles. The molecule has 0 heterocycles. The average molecular weight is 233 g/mol. The standard InChI is InChI=1S/C11H21Br/c1-11(2,3)8-4-5-10(12)9-6-7-9/h9-10H,4-8H2,1-3H3. The monoisotopic (exact) mass is 232 g/mol. The Labute approximate surface area is 85.3 Å². The minimum atomic E-state index is 0.524. The van der Waals surface area contributed by atoms with E-state index >= 15 is 0 Å². The van der Waals surface area contributed by atoms with Crippen LogP contribution in [0.15, 0.2) is 0 Å². The zero-order valence-electron chi connectivity index (χ0n) is 8.57. The Morgan fingerprint density at radius 2 is 1.92 bits per heavy atom. The zero-order chi connectivity index (χ0) is 9.19. The summed E-state index contributed by atoms with van der Waals surface area (Å²) < 4.78 is 0. The normalized spacial score (nSPS) is 21.0. The molecule has 0 aromatic rings. The summed E-state index contributed by atoms with van der Waals surface area (Å²) in [4.78, 5) is 0.819. The van der Waals surface area contributed by atoms with Gasteiger partial charge in [-0.25, -0.2) is 0 Å². The van der Waals surface area contributed by atoms with Gasteiger partial charge in [-0.2, -0.15) is 0 Å². The SMILES string of the molecule is CC(C)(C)CCCC(Br)C1CC1. The van der Waals surface area contributed by atoms with Gasteiger partial charge in [-0.05, 0) is 37.0 Å². The van der Waals surface area contributed by atoms with Gasteiger partial charge in [0.25, 0.3) is 0 Å². The second kappa shape index (κ2) is 4.13. The predicted molar refractivity (Wildman–Crippen MR) is 58.7 cm³/mol. The third kappa shape index (κ3) is 4.49. The molecule has 1 aliphatic rings. The fourth-order valence-corrected chi connectivity index (χ4v) is 2.37. The molecule has 0 N–H and O–H groups in total. The molecular formula is C11H21Br. The Kier molecular flexibility index (Phi) is 3.63. The van der Waals surface area contributed by atoms with Crippen LogP contribution in [0.5, 0.6) is 0 Å². The summed E-state index contributed by atoms with van der Waals surface area (Å²) in [5, 5.41) is 0. The lowest BCUT2D eigenvalue weighted by molar-refractivity contribution is 0.358. The molecule has 0 amide bonds. The molecule has 0 spiro atoms. The largest absolute Gasteiger partial charge is 0.0888 e. The van der Waals surface area contributed by atoms with Crippen molar-refractivity contribution in [2.75, 3.05) is 0 Å². The van der Waals surface area contributed by atoms with Gasteiger partial charge >= 0.3 is 0 Å². The molecule has 1 fully saturated rings. The first-order valence-electron chi connectivity index (χ1n) is 5.13. The van der Waals surface area contributed by atoms with Gasteiger partial charge in [-0.1, -0.05) is 43.1 Å². The maximum atomic E-state index is 3.77. The van der Waals surface area contributed by atoms with E-state index in [9.17, 15) is 0 Å². The van der Waals surface area contributed by atoms with Crippen LogP contribution in [-0.4, -0.2) is 4.83 Å². The highest BCUT2D eigenvalue weighted by molar-refractivity contribution is 9.09. The maximum absolute atomic E-state index is 3.77. The van der Waals surface area contributed by atoms with Crippen LogP contribution in [0.3, 0.4) is 0 Å². The van der Waals surface area contributed by atoms with Gasteiger partial charge in [0.05, 0.1) is 0 Å². The second-order valence-electron chi connectivity index (χ2n) is 5.31. The molecule has 0 aromatic carbocycles. The Morgan fingerprint density at radius 3 is 2.33 bits per heavy atom. The fraction of sp³-hybridized carbons (Fsp3) is 1.00. The van der Waals surface area contributed by atoms with Crippen molar-refractivity contribution in [1.82, 2.24) is 0 Å². The molecule has 72 valence electrons. The van der Waals surface area contributed by atoms with Gasteiger partial charge in [-0.3, -0.25) is 0 Å². The summed E-state index contributed by atoms with van der Waals surface area (Å²) >= 11 is 3.77. The second-order valence-corrected chi connectivity index (χ2v) is 6.48. The van der Waals surface area contributed by atoms with Gasteiger partial charge < -0.3 is 0 Å². The highest BCUT2D eigenvalue weighted by Crippen LogP contribution is 2.39. The Balaban J connectivity index is 2.01. The van der Waals surface area contributed by atoms with Gasteiger partial charge in [0.15, 0.2) is 0 Å². The van der Waals surface area contributed by atoms with E-state index < -0.39 is 0 Å².